The third kappa shape index (κ3) is 4.88. The second-order valence-electron chi connectivity index (χ2n) is 13.3. The zero-order valence-electron chi connectivity index (χ0n) is 22.9. The molecule has 1 amide bonds. The van der Waals surface area contributed by atoms with E-state index in [1.54, 1.807) is 6.92 Å². The van der Waals surface area contributed by atoms with Crippen LogP contribution in [0.5, 0.6) is 0 Å². The number of hydrogen-bond donors (Lipinski definition) is 3. The molecular formula is C29H48N2O4S. The zero-order chi connectivity index (χ0) is 26.4. The number of ketones is 1. The summed E-state index contributed by atoms with van der Waals surface area (Å²) in [6.45, 7) is 10.5. The molecule has 0 heterocycles. The third-order valence-corrected chi connectivity index (χ3v) is 11.5. The fraction of sp³-hybridized carbons (Fsp3) is 0.897. The van der Waals surface area contributed by atoms with E-state index in [1.807, 2.05) is 13.8 Å². The Balaban J connectivity index is 1.40. The number of ether oxygens (including phenoxy) is 1. The number of amides is 1. The van der Waals surface area contributed by atoms with E-state index >= 15 is 0 Å². The van der Waals surface area contributed by atoms with Gasteiger partial charge in [-0.2, -0.15) is 12.6 Å². The summed E-state index contributed by atoms with van der Waals surface area (Å²) in [7, 11) is 0. The lowest BCUT2D eigenvalue weighted by molar-refractivity contribution is -0.166. The molecule has 10 atom stereocenters. The van der Waals surface area contributed by atoms with Gasteiger partial charge in [0.25, 0.3) is 0 Å². The van der Waals surface area contributed by atoms with Crippen molar-refractivity contribution in [2.45, 2.75) is 111 Å². The smallest absolute Gasteiger partial charge is 0.329 e. The lowest BCUT2D eigenvalue weighted by atomic mass is 9.44. The first-order valence-corrected chi connectivity index (χ1v) is 14.9. The first-order chi connectivity index (χ1) is 16.9. The van der Waals surface area contributed by atoms with E-state index in [0.29, 0.717) is 23.5 Å². The molecule has 0 bridgehead atoms. The molecule has 204 valence electrons. The standard InChI is InChI=1S/C29H48N2O4S/c1-16(2)25(31-26(33)24(30)15-36)27(34)35-19-10-12-28(4)18(14-19)6-7-20-22-9-8-21(17(3)32)29(22,5)13-11-23(20)28/h16,18-25,36H,6-15,30H2,1-5H3,(H,31,33)/t18-,19+,20-,21+,22-,23-,24-,25-,28-,29+/m0/s1. The van der Waals surface area contributed by atoms with Crippen molar-refractivity contribution in [3.8, 4) is 0 Å². The van der Waals surface area contributed by atoms with Crippen molar-refractivity contribution < 1.29 is 19.1 Å². The number of carbonyl (C=O) groups excluding carboxylic acids is 3. The van der Waals surface area contributed by atoms with E-state index in [0.717, 1.165) is 31.6 Å². The van der Waals surface area contributed by atoms with Crippen molar-refractivity contribution in [3.63, 3.8) is 0 Å². The van der Waals surface area contributed by atoms with Gasteiger partial charge in [-0.05, 0) is 105 Å². The van der Waals surface area contributed by atoms with Crippen LogP contribution in [0.1, 0.15) is 92.4 Å². The second-order valence-corrected chi connectivity index (χ2v) is 13.7. The Bertz CT molecular complexity index is 864. The molecule has 0 unspecified atom stereocenters. The van der Waals surface area contributed by atoms with Crippen LogP contribution in [0, 0.1) is 46.3 Å². The lowest BCUT2D eigenvalue weighted by Gasteiger charge is -2.61. The largest absolute Gasteiger partial charge is 0.461 e. The molecule has 6 nitrogen and oxygen atoms in total. The Hall–Kier alpha value is -1.08. The van der Waals surface area contributed by atoms with Crippen molar-refractivity contribution in [3.05, 3.63) is 0 Å². The minimum atomic E-state index is -0.740. The zero-order valence-corrected chi connectivity index (χ0v) is 23.8. The molecule has 7 heteroatoms. The minimum absolute atomic E-state index is 0.0837. The number of rotatable bonds is 7. The molecule has 4 rings (SSSR count). The van der Waals surface area contributed by atoms with E-state index in [4.69, 9.17) is 10.5 Å². The highest BCUT2D eigenvalue weighted by molar-refractivity contribution is 7.80. The number of hydrogen-bond acceptors (Lipinski definition) is 6. The monoisotopic (exact) mass is 520 g/mol. The number of nitrogens with one attached hydrogen (secondary N) is 1. The Morgan fingerprint density at radius 3 is 2.31 bits per heavy atom. The quantitative estimate of drug-likeness (QED) is 0.338. The Labute approximate surface area is 223 Å². The summed E-state index contributed by atoms with van der Waals surface area (Å²) < 4.78 is 6.03. The number of nitrogens with two attached hydrogens (primary N) is 1. The van der Waals surface area contributed by atoms with E-state index in [9.17, 15) is 14.4 Å². The molecule has 4 aliphatic carbocycles. The molecule has 0 aromatic carbocycles. The fourth-order valence-electron chi connectivity index (χ4n) is 9.07. The maximum absolute atomic E-state index is 13.1. The molecule has 0 saturated heterocycles. The van der Waals surface area contributed by atoms with Crippen LogP contribution in [0.25, 0.3) is 0 Å². The Kier molecular flexibility index (Phi) is 8.22. The predicted molar refractivity (Wildman–Crippen MR) is 144 cm³/mol. The van der Waals surface area contributed by atoms with Crippen LogP contribution in [0.4, 0.5) is 0 Å². The maximum atomic E-state index is 13.1. The number of esters is 1. The van der Waals surface area contributed by atoms with E-state index in [2.05, 4.69) is 31.8 Å². The summed E-state index contributed by atoms with van der Waals surface area (Å²) in [6.07, 6.45) is 9.90. The fourth-order valence-corrected chi connectivity index (χ4v) is 9.24. The van der Waals surface area contributed by atoms with Crippen molar-refractivity contribution >= 4 is 30.3 Å². The van der Waals surface area contributed by atoms with E-state index in [1.165, 1.54) is 32.1 Å². The van der Waals surface area contributed by atoms with Crippen LogP contribution in [0.15, 0.2) is 0 Å². The number of fused-ring (bicyclic) bond motifs is 5. The van der Waals surface area contributed by atoms with Gasteiger partial charge in [0.05, 0.1) is 6.04 Å². The van der Waals surface area contributed by atoms with Crippen LogP contribution in [0.3, 0.4) is 0 Å². The van der Waals surface area contributed by atoms with Gasteiger partial charge in [-0.15, -0.1) is 0 Å². The van der Waals surface area contributed by atoms with Crippen LogP contribution in [-0.4, -0.2) is 41.6 Å². The lowest BCUT2D eigenvalue weighted by Crippen LogP contribution is -2.55. The molecule has 4 saturated carbocycles. The SMILES string of the molecule is CC(=O)[C@H]1CC[C@H]2[C@@H]3CC[C@H]4C[C@H](OC(=O)[C@@H](NC(=O)[C@@H](N)CS)C(C)C)CC[C@]4(C)[C@H]3CC[C@]12C. The van der Waals surface area contributed by atoms with Crippen LogP contribution < -0.4 is 11.1 Å². The number of thiol groups is 1. The van der Waals surface area contributed by atoms with Gasteiger partial charge >= 0.3 is 5.97 Å². The van der Waals surface area contributed by atoms with Crippen molar-refractivity contribution in [1.82, 2.24) is 5.32 Å². The first kappa shape index (κ1) is 27.9. The first-order valence-electron chi connectivity index (χ1n) is 14.3. The average Bonchev–Trinajstić information content (AvgIpc) is 3.19. The summed E-state index contributed by atoms with van der Waals surface area (Å²) in [5.74, 6) is 2.75. The van der Waals surface area contributed by atoms with E-state index in [-0.39, 0.29) is 46.4 Å². The average molecular weight is 521 g/mol. The molecule has 0 spiro atoms. The van der Waals surface area contributed by atoms with Gasteiger partial charge in [0.1, 0.15) is 17.9 Å². The van der Waals surface area contributed by atoms with Crippen molar-refractivity contribution in [2.75, 3.05) is 5.75 Å². The van der Waals surface area contributed by atoms with Crippen LogP contribution >= 0.6 is 12.6 Å². The van der Waals surface area contributed by atoms with Gasteiger partial charge < -0.3 is 15.8 Å². The summed E-state index contributed by atoms with van der Waals surface area (Å²) in [5, 5.41) is 2.78. The summed E-state index contributed by atoms with van der Waals surface area (Å²) >= 11 is 4.09. The van der Waals surface area contributed by atoms with Gasteiger partial charge in [-0.3, -0.25) is 9.59 Å². The summed E-state index contributed by atoms with van der Waals surface area (Å²) in [5.41, 5.74) is 6.27. The van der Waals surface area contributed by atoms with Crippen LogP contribution in [0.2, 0.25) is 0 Å². The molecule has 0 aromatic heterocycles. The van der Waals surface area contributed by atoms with Crippen molar-refractivity contribution in [1.29, 1.82) is 0 Å². The molecular weight excluding hydrogens is 472 g/mol. The summed E-state index contributed by atoms with van der Waals surface area (Å²) in [4.78, 5) is 37.8. The molecule has 4 fully saturated rings. The maximum Gasteiger partial charge on any atom is 0.329 e. The van der Waals surface area contributed by atoms with Crippen LogP contribution in [-0.2, 0) is 19.1 Å². The highest BCUT2D eigenvalue weighted by Gasteiger charge is 2.61. The second kappa shape index (κ2) is 10.6. The van der Waals surface area contributed by atoms with Gasteiger partial charge in [0.2, 0.25) is 5.91 Å². The Morgan fingerprint density at radius 2 is 1.67 bits per heavy atom. The molecule has 3 N–H and O–H groups in total. The van der Waals surface area contributed by atoms with Gasteiger partial charge in [0.15, 0.2) is 0 Å². The van der Waals surface area contributed by atoms with Gasteiger partial charge in [-0.25, -0.2) is 4.79 Å². The molecule has 36 heavy (non-hydrogen) atoms. The van der Waals surface area contributed by atoms with Gasteiger partial charge in [-0.1, -0.05) is 27.7 Å². The third-order valence-electron chi connectivity index (χ3n) is 11.1. The normalized spacial score (nSPS) is 41.4. The Morgan fingerprint density at radius 1 is 1.00 bits per heavy atom. The topological polar surface area (TPSA) is 98.5 Å². The van der Waals surface area contributed by atoms with Gasteiger partial charge in [0, 0.05) is 11.7 Å². The highest BCUT2D eigenvalue weighted by atomic mass is 32.1. The summed E-state index contributed by atoms with van der Waals surface area (Å²) in [6, 6.07) is -1.43. The molecule has 4 aliphatic rings. The number of carbonyl (C=O) groups is 3. The predicted octanol–water partition coefficient (Wildman–Crippen LogP) is 4.54. The number of Topliss-reactive ketones (excluding diaryl/α,β-unsaturated/α-hetero) is 1. The molecule has 0 aromatic rings. The minimum Gasteiger partial charge on any atom is -0.461 e. The molecule has 0 aliphatic heterocycles. The van der Waals surface area contributed by atoms with E-state index < -0.39 is 12.1 Å². The highest BCUT2D eigenvalue weighted by Crippen LogP contribution is 2.67. The molecule has 0 radical (unpaired) electrons. The van der Waals surface area contributed by atoms with Crippen molar-refractivity contribution in [2.24, 2.45) is 52.1 Å².